The first kappa shape index (κ1) is 16.0. The van der Waals surface area contributed by atoms with E-state index in [1.165, 1.54) is 23.5 Å². The third-order valence-electron chi connectivity index (χ3n) is 4.33. The molecule has 0 unspecified atom stereocenters. The number of carbonyl (C=O) groups excluding carboxylic acids is 1. The molecule has 0 spiro atoms. The highest BCUT2D eigenvalue weighted by Crippen LogP contribution is 2.40. The highest BCUT2D eigenvalue weighted by atomic mass is 32.1. The maximum Gasteiger partial charge on any atom is 0.231 e. The number of thiazole rings is 1. The predicted molar refractivity (Wildman–Crippen MR) is 97.9 cm³/mol. The van der Waals surface area contributed by atoms with Gasteiger partial charge in [0.05, 0.1) is 11.3 Å². The molecule has 0 saturated carbocycles. The Morgan fingerprint density at radius 3 is 2.63 bits per heavy atom. The summed E-state index contributed by atoms with van der Waals surface area (Å²) in [5, 5.41) is 2.61. The summed E-state index contributed by atoms with van der Waals surface area (Å²) >= 11 is 1.43. The molecule has 2 aromatic carbocycles. The zero-order valence-electron chi connectivity index (χ0n) is 13.9. The minimum atomic E-state index is -0.290. The van der Waals surface area contributed by atoms with E-state index in [1.807, 2.05) is 5.38 Å². The fourth-order valence-corrected chi connectivity index (χ4v) is 3.76. The van der Waals surface area contributed by atoms with Crippen LogP contribution >= 0.6 is 11.3 Å². The molecular formula is C20H12FNO4S. The van der Waals surface area contributed by atoms with Crippen molar-refractivity contribution >= 4 is 23.2 Å². The molecule has 2 aliphatic heterocycles. The molecule has 134 valence electrons. The molecule has 27 heavy (non-hydrogen) atoms. The monoisotopic (exact) mass is 381 g/mol. The van der Waals surface area contributed by atoms with Crippen molar-refractivity contribution in [1.82, 2.24) is 4.98 Å². The van der Waals surface area contributed by atoms with Gasteiger partial charge in [-0.1, -0.05) is 0 Å². The van der Waals surface area contributed by atoms with Crippen LogP contribution in [-0.2, 0) is 0 Å². The zero-order chi connectivity index (χ0) is 18.4. The maximum atomic E-state index is 13.1. The Bertz CT molecular complexity index is 1090. The molecule has 0 radical (unpaired) electrons. The molecule has 0 atom stereocenters. The van der Waals surface area contributed by atoms with Gasteiger partial charge in [-0.3, -0.25) is 4.79 Å². The van der Waals surface area contributed by atoms with Crippen molar-refractivity contribution in [2.24, 2.45) is 0 Å². The van der Waals surface area contributed by atoms with Crippen LogP contribution in [0.4, 0.5) is 4.39 Å². The van der Waals surface area contributed by atoms with Gasteiger partial charge in [-0.25, -0.2) is 9.37 Å². The van der Waals surface area contributed by atoms with Crippen molar-refractivity contribution in [2.75, 3.05) is 13.4 Å². The second-order valence-electron chi connectivity index (χ2n) is 6.07. The van der Waals surface area contributed by atoms with E-state index < -0.39 is 0 Å². The van der Waals surface area contributed by atoms with Crippen LogP contribution in [0.25, 0.3) is 16.6 Å². The first-order chi connectivity index (χ1) is 13.2. The normalized spacial score (nSPS) is 16.3. The highest BCUT2D eigenvalue weighted by Gasteiger charge is 2.28. The second kappa shape index (κ2) is 6.21. The highest BCUT2D eigenvalue weighted by molar-refractivity contribution is 7.13. The summed E-state index contributed by atoms with van der Waals surface area (Å²) < 4.78 is 29.4. The molecule has 3 heterocycles. The average Bonchev–Trinajstić information content (AvgIpc) is 3.32. The van der Waals surface area contributed by atoms with E-state index in [4.69, 9.17) is 14.2 Å². The predicted octanol–water partition coefficient (Wildman–Crippen LogP) is 4.34. The van der Waals surface area contributed by atoms with Gasteiger partial charge in [0.25, 0.3) is 0 Å². The molecule has 0 amide bonds. The third-order valence-corrected chi connectivity index (χ3v) is 5.24. The zero-order valence-corrected chi connectivity index (χ0v) is 14.7. The van der Waals surface area contributed by atoms with Gasteiger partial charge in [-0.05, 0) is 36.4 Å². The van der Waals surface area contributed by atoms with E-state index in [0.29, 0.717) is 34.1 Å². The van der Waals surface area contributed by atoms with E-state index in [2.05, 4.69) is 4.98 Å². The summed E-state index contributed by atoms with van der Waals surface area (Å²) in [5.74, 6) is 1.20. The Balaban J connectivity index is 1.45. The number of nitrogens with zero attached hydrogens (tertiary/aromatic N) is 1. The topological polar surface area (TPSA) is 57.7 Å². The second-order valence-corrected chi connectivity index (χ2v) is 6.93. The van der Waals surface area contributed by atoms with E-state index in [1.54, 1.807) is 30.3 Å². The van der Waals surface area contributed by atoms with Crippen LogP contribution in [0.3, 0.4) is 0 Å². The number of ether oxygens (including phenoxy) is 3. The van der Waals surface area contributed by atoms with Crippen LogP contribution in [0.1, 0.15) is 16.1 Å². The summed E-state index contributed by atoms with van der Waals surface area (Å²) in [5.41, 5.74) is 2.45. The van der Waals surface area contributed by atoms with Crippen LogP contribution in [0.2, 0.25) is 0 Å². The molecule has 0 N–H and O–H groups in total. The van der Waals surface area contributed by atoms with E-state index in [0.717, 1.165) is 10.6 Å². The van der Waals surface area contributed by atoms with Crippen LogP contribution in [0.15, 0.2) is 47.4 Å². The van der Waals surface area contributed by atoms with Gasteiger partial charge in [0.1, 0.15) is 23.2 Å². The Morgan fingerprint density at radius 1 is 1.04 bits per heavy atom. The van der Waals surface area contributed by atoms with Crippen LogP contribution in [0, 0.1) is 5.82 Å². The number of hydrogen-bond donors (Lipinski definition) is 0. The summed E-state index contributed by atoms with van der Waals surface area (Å²) in [6.45, 7) is 0.301. The summed E-state index contributed by atoms with van der Waals surface area (Å²) in [4.78, 5) is 17.3. The van der Waals surface area contributed by atoms with E-state index >= 15 is 0 Å². The SMILES string of the molecule is O=C1/C(=C/c2csc(-c3ccc(F)cc3)n2)COc2cc3c(cc21)OCO3. The molecule has 0 aliphatic carbocycles. The largest absolute Gasteiger partial charge is 0.488 e. The van der Waals surface area contributed by atoms with Crippen molar-refractivity contribution in [3.8, 4) is 27.8 Å². The van der Waals surface area contributed by atoms with Crippen molar-refractivity contribution in [1.29, 1.82) is 0 Å². The lowest BCUT2D eigenvalue weighted by atomic mass is 9.99. The number of aromatic nitrogens is 1. The third kappa shape index (κ3) is 2.86. The standard InChI is InChI=1S/C20H12FNO4S/c21-13-3-1-11(2-4-13)20-22-14(9-27-20)5-12-8-24-16-7-18-17(25-10-26-18)6-15(16)19(12)23/h1-7,9H,8,10H2/b12-5+. The maximum absolute atomic E-state index is 13.1. The smallest absolute Gasteiger partial charge is 0.231 e. The molecule has 3 aromatic rings. The van der Waals surface area contributed by atoms with Gasteiger partial charge in [0.2, 0.25) is 6.79 Å². The number of Topliss-reactive ketones (excluding diaryl/α,β-unsaturated/α-hetero) is 1. The average molecular weight is 381 g/mol. The summed E-state index contributed by atoms with van der Waals surface area (Å²) in [6, 6.07) is 9.49. The first-order valence-corrected chi connectivity index (χ1v) is 9.08. The van der Waals surface area contributed by atoms with E-state index in [9.17, 15) is 9.18 Å². The molecule has 0 saturated heterocycles. The van der Waals surface area contributed by atoms with Crippen molar-refractivity contribution in [2.45, 2.75) is 0 Å². The van der Waals surface area contributed by atoms with Gasteiger partial charge >= 0.3 is 0 Å². The molecular weight excluding hydrogens is 369 g/mol. The van der Waals surface area contributed by atoms with Crippen molar-refractivity contribution in [3.05, 3.63) is 64.4 Å². The number of benzene rings is 2. The molecule has 7 heteroatoms. The van der Waals surface area contributed by atoms with E-state index in [-0.39, 0.29) is 25.0 Å². The Hall–Kier alpha value is -3.19. The number of fused-ring (bicyclic) bond motifs is 2. The van der Waals surface area contributed by atoms with Gasteiger partial charge in [-0.15, -0.1) is 11.3 Å². The van der Waals surface area contributed by atoms with Gasteiger partial charge in [0.15, 0.2) is 17.3 Å². The Morgan fingerprint density at radius 2 is 1.81 bits per heavy atom. The Kier molecular flexibility index (Phi) is 3.68. The lowest BCUT2D eigenvalue weighted by molar-refractivity contribution is 0.100. The molecule has 5 nitrogen and oxygen atoms in total. The lowest BCUT2D eigenvalue weighted by Gasteiger charge is -2.19. The number of hydrogen-bond acceptors (Lipinski definition) is 6. The fourth-order valence-electron chi connectivity index (χ4n) is 2.98. The Labute approximate surface area is 157 Å². The summed E-state index contributed by atoms with van der Waals surface area (Å²) in [7, 11) is 0. The molecule has 2 aliphatic rings. The summed E-state index contributed by atoms with van der Waals surface area (Å²) in [6.07, 6.45) is 1.72. The lowest BCUT2D eigenvalue weighted by Crippen LogP contribution is -2.19. The van der Waals surface area contributed by atoms with Gasteiger partial charge in [0, 0.05) is 22.6 Å². The van der Waals surface area contributed by atoms with Gasteiger partial charge < -0.3 is 14.2 Å². The molecule has 0 bridgehead atoms. The number of rotatable bonds is 2. The minimum Gasteiger partial charge on any atom is -0.488 e. The number of ketones is 1. The quantitative estimate of drug-likeness (QED) is 0.618. The molecule has 5 rings (SSSR count). The van der Waals surface area contributed by atoms with Crippen molar-refractivity contribution < 1.29 is 23.4 Å². The van der Waals surface area contributed by atoms with Crippen LogP contribution in [0.5, 0.6) is 17.2 Å². The molecule has 1 aromatic heterocycles. The number of halogens is 1. The fraction of sp³-hybridized carbons (Fsp3) is 0.100. The van der Waals surface area contributed by atoms with Crippen LogP contribution < -0.4 is 14.2 Å². The van der Waals surface area contributed by atoms with Crippen LogP contribution in [-0.4, -0.2) is 24.2 Å². The minimum absolute atomic E-state index is 0.120. The van der Waals surface area contributed by atoms with Gasteiger partial charge in [-0.2, -0.15) is 0 Å². The number of carbonyl (C=O) groups is 1. The van der Waals surface area contributed by atoms with Crippen molar-refractivity contribution in [3.63, 3.8) is 0 Å². The molecule has 0 fully saturated rings. The first-order valence-electron chi connectivity index (χ1n) is 8.20.